The minimum Gasteiger partial charge on any atom is -0.466 e. The lowest BCUT2D eigenvalue weighted by Crippen LogP contribution is -2.26. The average Bonchev–Trinajstić information content (AvgIpc) is 2.70. The lowest BCUT2D eigenvalue weighted by Gasteiger charge is -2.21. The van der Waals surface area contributed by atoms with Crippen molar-refractivity contribution in [1.82, 2.24) is 9.97 Å². The largest absolute Gasteiger partial charge is 0.466 e. The molecule has 4 rings (SSSR count). The van der Waals surface area contributed by atoms with Crippen molar-refractivity contribution in [2.75, 3.05) is 22.6 Å². The number of hydrogen-bond donors (Lipinski definition) is 5. The Morgan fingerprint density at radius 3 is 2.58 bits per heavy atom. The topological polar surface area (TPSA) is 163 Å². The maximum atomic E-state index is 15.4. The fraction of sp³-hybridized carbons (Fsp3) is 0.105. The van der Waals surface area contributed by atoms with Crippen molar-refractivity contribution in [3.63, 3.8) is 0 Å². The summed E-state index contributed by atoms with van der Waals surface area (Å²) in [5.74, 6) is -1.12. The molecule has 1 aliphatic heterocycles. The van der Waals surface area contributed by atoms with Crippen LogP contribution in [0.1, 0.15) is 5.56 Å². The molecule has 0 aliphatic carbocycles. The zero-order chi connectivity index (χ0) is 22.3. The molecular weight excluding hydrogens is 413 g/mol. The highest BCUT2D eigenvalue weighted by atomic mass is 19.1. The number of amides is 3. The van der Waals surface area contributed by atoms with Crippen LogP contribution in [0, 0.1) is 12.7 Å². The van der Waals surface area contributed by atoms with E-state index in [-0.39, 0.29) is 46.2 Å². The molecule has 0 spiro atoms. The molecule has 0 radical (unpaired) electrons. The third-order valence-electron chi connectivity index (χ3n) is 4.63. The molecule has 0 atom stereocenters. The summed E-state index contributed by atoms with van der Waals surface area (Å²) in [5, 5.41) is 25.2. The Morgan fingerprint density at radius 2 is 1.87 bits per heavy atom. The highest BCUT2D eigenvalue weighted by Crippen LogP contribution is 2.40. The number of benzene rings is 1. The first-order chi connectivity index (χ1) is 14.7. The first-order valence-corrected chi connectivity index (χ1v) is 8.79. The molecule has 5 N–H and O–H groups in total. The number of aromatic nitrogens is 2. The number of nitrogens with zero attached hydrogens (tertiary/aromatic N) is 2. The third kappa shape index (κ3) is 3.61. The lowest BCUT2D eigenvalue weighted by molar-refractivity contribution is -0.118. The lowest BCUT2D eigenvalue weighted by atomic mass is 9.96. The van der Waals surface area contributed by atoms with E-state index < -0.39 is 23.9 Å². The molecule has 0 saturated heterocycles. The quantitative estimate of drug-likeness (QED) is 0.425. The van der Waals surface area contributed by atoms with Gasteiger partial charge < -0.3 is 20.3 Å². The minimum atomic E-state index is -1.49. The number of rotatable bonds is 3. The number of hydrogen-bond acceptors (Lipinski definition) is 6. The molecule has 3 aromatic rings. The summed E-state index contributed by atoms with van der Waals surface area (Å²) >= 11 is 0. The zero-order valence-corrected chi connectivity index (χ0v) is 15.8. The van der Waals surface area contributed by atoms with E-state index in [4.69, 9.17) is 14.9 Å². The maximum absolute atomic E-state index is 15.4. The van der Waals surface area contributed by atoms with Gasteiger partial charge in [0.15, 0.2) is 12.4 Å². The number of fused-ring (bicyclic) bond motifs is 2. The Bertz CT molecular complexity index is 1280. The Kier molecular flexibility index (Phi) is 4.73. The van der Waals surface area contributed by atoms with Gasteiger partial charge in [-0.1, -0.05) is 0 Å². The third-order valence-corrected chi connectivity index (χ3v) is 4.63. The van der Waals surface area contributed by atoms with E-state index in [0.717, 1.165) is 6.20 Å². The van der Waals surface area contributed by atoms with Crippen molar-refractivity contribution in [2.24, 2.45) is 0 Å². The van der Waals surface area contributed by atoms with Gasteiger partial charge in [0.1, 0.15) is 11.5 Å². The van der Waals surface area contributed by atoms with Gasteiger partial charge in [0.25, 0.3) is 5.91 Å². The van der Waals surface area contributed by atoms with Crippen molar-refractivity contribution >= 4 is 46.1 Å². The molecule has 12 heteroatoms. The SMILES string of the molecule is Cc1c(-c2cc3cc(NC(=O)O)ncc3c(NC(=O)O)c2F)cnc2c1NC(=O)CO2. The van der Waals surface area contributed by atoms with E-state index in [9.17, 15) is 14.4 Å². The normalized spacial score (nSPS) is 12.5. The molecule has 3 amide bonds. The van der Waals surface area contributed by atoms with Crippen molar-refractivity contribution in [3.8, 4) is 17.0 Å². The number of ether oxygens (including phenoxy) is 1. The second-order valence-electron chi connectivity index (χ2n) is 6.58. The monoisotopic (exact) mass is 427 g/mol. The number of nitrogens with one attached hydrogen (secondary N) is 3. The van der Waals surface area contributed by atoms with Gasteiger partial charge in [0.05, 0.1) is 5.69 Å². The summed E-state index contributed by atoms with van der Waals surface area (Å²) in [7, 11) is 0. The minimum absolute atomic E-state index is 0.0173. The van der Waals surface area contributed by atoms with Crippen LogP contribution in [0.3, 0.4) is 0 Å². The smallest absolute Gasteiger partial charge is 0.410 e. The van der Waals surface area contributed by atoms with Crippen LogP contribution in [0.4, 0.5) is 31.2 Å². The molecule has 11 nitrogen and oxygen atoms in total. The van der Waals surface area contributed by atoms with Crippen LogP contribution in [-0.4, -0.2) is 44.9 Å². The second kappa shape index (κ2) is 7.40. The Labute approximate surface area is 172 Å². The van der Waals surface area contributed by atoms with E-state index in [1.54, 1.807) is 6.92 Å². The summed E-state index contributed by atoms with van der Waals surface area (Å²) in [6.07, 6.45) is -0.336. The molecule has 31 heavy (non-hydrogen) atoms. The highest BCUT2D eigenvalue weighted by Gasteiger charge is 2.24. The molecule has 2 aromatic heterocycles. The fourth-order valence-corrected chi connectivity index (χ4v) is 3.29. The summed E-state index contributed by atoms with van der Waals surface area (Å²) in [5.41, 5.74) is 0.643. The van der Waals surface area contributed by atoms with E-state index in [0.29, 0.717) is 10.9 Å². The van der Waals surface area contributed by atoms with Crippen LogP contribution in [0.15, 0.2) is 24.5 Å². The summed E-state index contributed by atoms with van der Waals surface area (Å²) in [6.45, 7) is 1.44. The van der Waals surface area contributed by atoms with Gasteiger partial charge in [-0.15, -0.1) is 0 Å². The Hall–Kier alpha value is -4.48. The fourth-order valence-electron chi connectivity index (χ4n) is 3.29. The molecule has 1 aliphatic rings. The highest BCUT2D eigenvalue weighted by molar-refractivity contribution is 6.04. The molecule has 0 unspecified atom stereocenters. The van der Waals surface area contributed by atoms with E-state index in [2.05, 4.69) is 20.6 Å². The van der Waals surface area contributed by atoms with Crippen LogP contribution in [0.2, 0.25) is 0 Å². The van der Waals surface area contributed by atoms with Gasteiger partial charge >= 0.3 is 12.2 Å². The predicted octanol–water partition coefficient (Wildman–Crippen LogP) is 3.26. The van der Waals surface area contributed by atoms with E-state index in [1.165, 1.54) is 18.3 Å². The van der Waals surface area contributed by atoms with Gasteiger partial charge in [-0.05, 0) is 30.0 Å². The second-order valence-corrected chi connectivity index (χ2v) is 6.58. The molecule has 1 aromatic carbocycles. The van der Waals surface area contributed by atoms with Crippen molar-refractivity contribution < 1.29 is 33.7 Å². The molecule has 0 saturated carbocycles. The standard InChI is InChI=1S/C19H14FN5O6/c1-7-10(4-22-17-15(7)24-13(26)6-31-17)9-2-8-3-12(23-18(27)28)21-5-11(8)16(14(9)20)25-19(29)30/h2-5,25H,6H2,1H3,(H,21,23)(H,24,26)(H,27,28)(H,29,30). The van der Waals surface area contributed by atoms with Crippen LogP contribution in [-0.2, 0) is 4.79 Å². The van der Waals surface area contributed by atoms with Crippen molar-refractivity contribution in [3.05, 3.63) is 35.9 Å². The number of anilines is 3. The Balaban J connectivity index is 1.96. The van der Waals surface area contributed by atoms with E-state index in [1.807, 2.05) is 5.32 Å². The molecule has 3 heterocycles. The maximum Gasteiger partial charge on any atom is 0.410 e. The van der Waals surface area contributed by atoms with Crippen molar-refractivity contribution in [1.29, 1.82) is 0 Å². The first-order valence-electron chi connectivity index (χ1n) is 8.79. The number of pyridine rings is 2. The van der Waals surface area contributed by atoms with Crippen LogP contribution in [0.25, 0.3) is 21.9 Å². The number of halogens is 1. The van der Waals surface area contributed by atoms with Crippen molar-refractivity contribution in [2.45, 2.75) is 6.92 Å². The Morgan fingerprint density at radius 1 is 1.13 bits per heavy atom. The summed E-state index contributed by atoms with van der Waals surface area (Å²) < 4.78 is 20.7. The van der Waals surface area contributed by atoms with Gasteiger partial charge in [-0.3, -0.25) is 15.4 Å². The molecule has 0 bridgehead atoms. The van der Waals surface area contributed by atoms with Crippen LogP contribution in [0.5, 0.6) is 5.88 Å². The van der Waals surface area contributed by atoms with Crippen LogP contribution < -0.4 is 20.7 Å². The summed E-state index contributed by atoms with van der Waals surface area (Å²) in [4.78, 5) is 41.9. The van der Waals surface area contributed by atoms with E-state index >= 15 is 4.39 Å². The van der Waals surface area contributed by atoms with Gasteiger partial charge in [-0.2, -0.15) is 0 Å². The average molecular weight is 427 g/mol. The molecular formula is C19H14FN5O6. The molecule has 0 fully saturated rings. The van der Waals surface area contributed by atoms with Gasteiger partial charge in [0, 0.05) is 28.9 Å². The molecule has 158 valence electrons. The summed E-state index contributed by atoms with van der Waals surface area (Å²) in [6, 6.07) is 2.75. The predicted molar refractivity (Wildman–Crippen MR) is 107 cm³/mol. The zero-order valence-electron chi connectivity index (χ0n) is 15.8. The van der Waals surface area contributed by atoms with Crippen LogP contribution >= 0.6 is 0 Å². The van der Waals surface area contributed by atoms with Gasteiger partial charge in [-0.25, -0.2) is 23.9 Å². The number of carboxylic acid groups (broad SMARTS) is 2. The first kappa shape index (κ1) is 19.8. The number of carbonyl (C=O) groups is 3. The number of carbonyl (C=O) groups excluding carboxylic acids is 1. The van der Waals surface area contributed by atoms with Gasteiger partial charge in [0.2, 0.25) is 5.88 Å².